The number of rotatable bonds is 2. The van der Waals surface area contributed by atoms with E-state index in [-0.39, 0.29) is 5.91 Å². The number of anilines is 1. The minimum Gasteiger partial charge on any atom is -0.346 e. The van der Waals surface area contributed by atoms with Crippen molar-refractivity contribution in [3.8, 4) is 0 Å². The van der Waals surface area contributed by atoms with E-state index in [9.17, 15) is 4.79 Å². The fraction of sp³-hybridized carbons (Fsp3) is 0.500. The molecular formula is C14H18N4OS2. The standard InChI is InChI=1S/C14H18N4OS2/c1-10-8-21-14(15-10)18-5-3-4-17(6-7-18)13(19)12-9-20-11(2)16-12/h8-9H,3-7H2,1-2H3. The molecule has 0 aromatic carbocycles. The molecule has 112 valence electrons. The van der Waals surface area contributed by atoms with Crippen LogP contribution in [0.2, 0.25) is 0 Å². The third kappa shape index (κ3) is 3.24. The molecule has 1 amide bonds. The maximum atomic E-state index is 12.5. The molecule has 2 aromatic heterocycles. The van der Waals surface area contributed by atoms with Crippen molar-refractivity contribution in [1.29, 1.82) is 0 Å². The number of carbonyl (C=O) groups is 1. The molecule has 21 heavy (non-hydrogen) atoms. The molecule has 2 aromatic rings. The van der Waals surface area contributed by atoms with Gasteiger partial charge in [0, 0.05) is 36.9 Å². The smallest absolute Gasteiger partial charge is 0.273 e. The third-order valence-electron chi connectivity index (χ3n) is 3.50. The molecule has 0 bridgehead atoms. The summed E-state index contributed by atoms with van der Waals surface area (Å²) >= 11 is 3.20. The van der Waals surface area contributed by atoms with Gasteiger partial charge in [-0.25, -0.2) is 9.97 Å². The molecule has 5 nitrogen and oxygen atoms in total. The highest BCUT2D eigenvalue weighted by atomic mass is 32.1. The van der Waals surface area contributed by atoms with Gasteiger partial charge in [-0.15, -0.1) is 22.7 Å². The first-order valence-corrected chi connectivity index (χ1v) is 8.78. The summed E-state index contributed by atoms with van der Waals surface area (Å²) in [6.45, 7) is 7.24. The number of amides is 1. The SMILES string of the molecule is Cc1csc(N2CCCN(C(=O)c3csc(C)n3)CC2)n1. The lowest BCUT2D eigenvalue weighted by Crippen LogP contribution is -2.35. The van der Waals surface area contributed by atoms with Gasteiger partial charge in [0.2, 0.25) is 0 Å². The molecule has 3 heterocycles. The number of thiazole rings is 2. The van der Waals surface area contributed by atoms with Crippen molar-refractivity contribution in [2.75, 3.05) is 31.1 Å². The maximum absolute atomic E-state index is 12.5. The summed E-state index contributed by atoms with van der Waals surface area (Å²) in [6.07, 6.45) is 0.966. The van der Waals surface area contributed by atoms with Crippen LogP contribution in [-0.2, 0) is 0 Å². The predicted molar refractivity (Wildman–Crippen MR) is 86.4 cm³/mol. The van der Waals surface area contributed by atoms with Gasteiger partial charge in [0.25, 0.3) is 5.91 Å². The van der Waals surface area contributed by atoms with Crippen molar-refractivity contribution in [3.05, 3.63) is 27.2 Å². The molecule has 0 atom stereocenters. The molecular weight excluding hydrogens is 304 g/mol. The second kappa shape index (κ2) is 6.11. The third-order valence-corrected chi connectivity index (χ3v) is 5.29. The number of aryl methyl sites for hydroxylation is 2. The summed E-state index contributed by atoms with van der Waals surface area (Å²) in [7, 11) is 0. The summed E-state index contributed by atoms with van der Waals surface area (Å²) in [5.74, 6) is 0.0523. The van der Waals surface area contributed by atoms with E-state index in [4.69, 9.17) is 0 Å². The molecule has 0 aliphatic carbocycles. The van der Waals surface area contributed by atoms with E-state index in [1.807, 2.05) is 24.1 Å². The zero-order chi connectivity index (χ0) is 14.8. The second-order valence-corrected chi connectivity index (χ2v) is 7.05. The molecule has 0 radical (unpaired) electrons. The Morgan fingerprint density at radius 3 is 2.62 bits per heavy atom. The quantitative estimate of drug-likeness (QED) is 0.853. The largest absolute Gasteiger partial charge is 0.346 e. The summed E-state index contributed by atoms with van der Waals surface area (Å²) in [5, 5.41) is 5.92. The number of aromatic nitrogens is 2. The summed E-state index contributed by atoms with van der Waals surface area (Å²) in [6, 6.07) is 0. The van der Waals surface area contributed by atoms with Crippen LogP contribution in [0, 0.1) is 13.8 Å². The van der Waals surface area contributed by atoms with Gasteiger partial charge >= 0.3 is 0 Å². The molecule has 3 rings (SSSR count). The lowest BCUT2D eigenvalue weighted by Gasteiger charge is -2.21. The predicted octanol–water partition coefficient (Wildman–Crippen LogP) is 2.57. The average molecular weight is 322 g/mol. The van der Waals surface area contributed by atoms with E-state index in [0.717, 1.165) is 48.4 Å². The van der Waals surface area contributed by atoms with E-state index in [1.165, 1.54) is 11.3 Å². The van der Waals surface area contributed by atoms with Crippen molar-refractivity contribution in [2.45, 2.75) is 20.3 Å². The molecule has 0 unspecified atom stereocenters. The van der Waals surface area contributed by atoms with Gasteiger partial charge in [-0.3, -0.25) is 4.79 Å². The topological polar surface area (TPSA) is 49.3 Å². The Balaban J connectivity index is 1.67. The molecule has 1 saturated heterocycles. The highest BCUT2D eigenvalue weighted by Crippen LogP contribution is 2.22. The fourth-order valence-electron chi connectivity index (χ4n) is 2.42. The highest BCUT2D eigenvalue weighted by Gasteiger charge is 2.22. The van der Waals surface area contributed by atoms with E-state index < -0.39 is 0 Å². The zero-order valence-electron chi connectivity index (χ0n) is 12.2. The van der Waals surface area contributed by atoms with Gasteiger partial charge in [0.05, 0.1) is 10.7 Å². The number of hydrogen-bond donors (Lipinski definition) is 0. The van der Waals surface area contributed by atoms with Crippen LogP contribution in [-0.4, -0.2) is 47.0 Å². The second-order valence-electron chi connectivity index (χ2n) is 5.16. The Hall–Kier alpha value is -1.47. The van der Waals surface area contributed by atoms with Crippen LogP contribution in [0.1, 0.15) is 27.6 Å². The molecule has 1 aliphatic rings. The zero-order valence-corrected chi connectivity index (χ0v) is 13.8. The monoisotopic (exact) mass is 322 g/mol. The number of hydrogen-bond acceptors (Lipinski definition) is 6. The molecule has 7 heteroatoms. The van der Waals surface area contributed by atoms with Crippen LogP contribution in [0.4, 0.5) is 5.13 Å². The van der Waals surface area contributed by atoms with Gasteiger partial charge in [-0.05, 0) is 20.3 Å². The minimum absolute atomic E-state index is 0.0523. The Kier molecular flexibility index (Phi) is 4.21. The van der Waals surface area contributed by atoms with Gasteiger partial charge in [0.15, 0.2) is 5.13 Å². The average Bonchev–Trinajstić information content (AvgIpc) is 3.00. The number of carbonyl (C=O) groups excluding carboxylic acids is 1. The molecule has 0 N–H and O–H groups in total. The number of nitrogens with zero attached hydrogens (tertiary/aromatic N) is 4. The van der Waals surface area contributed by atoms with Crippen LogP contribution < -0.4 is 4.90 Å². The van der Waals surface area contributed by atoms with Crippen LogP contribution in [0.25, 0.3) is 0 Å². The highest BCUT2D eigenvalue weighted by molar-refractivity contribution is 7.13. The molecule has 0 spiro atoms. The van der Waals surface area contributed by atoms with E-state index >= 15 is 0 Å². The van der Waals surface area contributed by atoms with E-state index in [2.05, 4.69) is 20.2 Å². The van der Waals surface area contributed by atoms with Crippen molar-refractivity contribution in [2.24, 2.45) is 0 Å². The normalized spacial score (nSPS) is 16.1. The first-order valence-electron chi connectivity index (χ1n) is 7.02. The Morgan fingerprint density at radius 1 is 1.10 bits per heavy atom. The Morgan fingerprint density at radius 2 is 1.95 bits per heavy atom. The first-order chi connectivity index (χ1) is 10.1. The van der Waals surface area contributed by atoms with Gasteiger partial charge in [-0.2, -0.15) is 0 Å². The Labute approximate surface area is 132 Å². The van der Waals surface area contributed by atoms with Gasteiger partial charge < -0.3 is 9.80 Å². The van der Waals surface area contributed by atoms with E-state index in [0.29, 0.717) is 5.69 Å². The minimum atomic E-state index is 0.0523. The van der Waals surface area contributed by atoms with Crippen molar-refractivity contribution in [3.63, 3.8) is 0 Å². The van der Waals surface area contributed by atoms with Crippen LogP contribution >= 0.6 is 22.7 Å². The first kappa shape index (κ1) is 14.5. The molecule has 1 aliphatic heterocycles. The van der Waals surface area contributed by atoms with Crippen LogP contribution in [0.15, 0.2) is 10.8 Å². The van der Waals surface area contributed by atoms with Crippen molar-refractivity contribution < 1.29 is 4.79 Å². The lowest BCUT2D eigenvalue weighted by atomic mass is 10.3. The maximum Gasteiger partial charge on any atom is 0.273 e. The van der Waals surface area contributed by atoms with E-state index in [1.54, 1.807) is 11.3 Å². The fourth-order valence-corrected chi connectivity index (χ4v) is 3.87. The van der Waals surface area contributed by atoms with Crippen LogP contribution in [0.3, 0.4) is 0 Å². The summed E-state index contributed by atoms with van der Waals surface area (Å²) < 4.78 is 0. The van der Waals surface area contributed by atoms with Crippen LogP contribution in [0.5, 0.6) is 0 Å². The summed E-state index contributed by atoms with van der Waals surface area (Å²) in [5.41, 5.74) is 1.64. The lowest BCUT2D eigenvalue weighted by molar-refractivity contribution is 0.0762. The van der Waals surface area contributed by atoms with Crippen molar-refractivity contribution >= 4 is 33.7 Å². The van der Waals surface area contributed by atoms with Gasteiger partial charge in [-0.1, -0.05) is 0 Å². The molecule has 0 saturated carbocycles. The Bertz CT molecular complexity index is 636. The molecule has 1 fully saturated rings. The summed E-state index contributed by atoms with van der Waals surface area (Å²) in [4.78, 5) is 25.5. The van der Waals surface area contributed by atoms with Gasteiger partial charge in [0.1, 0.15) is 5.69 Å². The van der Waals surface area contributed by atoms with Crippen molar-refractivity contribution in [1.82, 2.24) is 14.9 Å².